The number of aliphatic hydroxyl groups is 1. The summed E-state index contributed by atoms with van der Waals surface area (Å²) in [6.45, 7) is 2.40. The molecule has 0 amide bonds. The molecule has 4 aromatic rings. The van der Waals surface area contributed by atoms with Gasteiger partial charge >= 0.3 is 0 Å². The predicted molar refractivity (Wildman–Crippen MR) is 209 cm³/mol. The van der Waals surface area contributed by atoms with Gasteiger partial charge in [-0.2, -0.15) is 0 Å². The lowest BCUT2D eigenvalue weighted by Crippen LogP contribution is -2.20. The molecule has 1 fully saturated rings. The molecule has 0 bridgehead atoms. The minimum Gasteiger partial charge on any atom is -0.508 e. The number of carbonyl (C=O) groups excluding carboxylic acids is 2. The maximum absolute atomic E-state index is 13.7. The lowest BCUT2D eigenvalue weighted by atomic mass is 9.80. The number of ether oxygens (including phenoxy) is 1. The summed E-state index contributed by atoms with van der Waals surface area (Å²) in [5, 5.41) is 31.9. The summed E-state index contributed by atoms with van der Waals surface area (Å²) in [4.78, 5) is 29.7. The summed E-state index contributed by atoms with van der Waals surface area (Å²) < 4.78 is 6.05. The van der Waals surface area contributed by atoms with E-state index in [0.29, 0.717) is 60.1 Å². The van der Waals surface area contributed by atoms with Crippen molar-refractivity contribution in [1.82, 2.24) is 4.98 Å². The third-order valence-electron chi connectivity index (χ3n) is 10.9. The van der Waals surface area contributed by atoms with Gasteiger partial charge < -0.3 is 36.5 Å². The maximum atomic E-state index is 13.7. The zero-order chi connectivity index (χ0) is 38.2. The number of allylic oxidation sites excluding steroid dienone is 2. The summed E-state index contributed by atoms with van der Waals surface area (Å²) in [5.74, 6) is 6.32. The molecule has 3 aromatic carbocycles. The van der Waals surface area contributed by atoms with Gasteiger partial charge in [-0.1, -0.05) is 68.0 Å². The quantitative estimate of drug-likeness (QED) is 0.0455. The number of aromatic hydroxyl groups is 2. The molecule has 54 heavy (non-hydrogen) atoms. The van der Waals surface area contributed by atoms with E-state index in [-0.39, 0.29) is 47.6 Å². The Balaban J connectivity index is 1.14. The molecule has 2 aliphatic rings. The van der Waals surface area contributed by atoms with Crippen LogP contribution in [0.5, 0.6) is 17.2 Å². The molecule has 2 aliphatic carbocycles. The standard InChI is InChI=1S/C45H51N3O6/c1-2-3-19-45(21-16-34(50)28-45)20-15-33(49)11-7-29-9-14-41(52)43(25-29)54-23-18-30-8-13-40(51)38(24-30)37-27-42(53)36-17-22-48-39(36)6-4-5-31-26-32(44(46)47)10-12-35(31)37/h8-10,12-15,17,20,22,24-26,34,37,44,48,50-52H,2-3,6-7,11,16,18-19,21,23,27-28,46-47H2,1H3/b20-15+/t34-,37+,45+/m0/s1. The second-order valence-corrected chi connectivity index (χ2v) is 14.9. The van der Waals surface area contributed by atoms with E-state index in [4.69, 9.17) is 16.2 Å². The van der Waals surface area contributed by atoms with Gasteiger partial charge in [0, 0.05) is 53.8 Å². The molecule has 0 radical (unpaired) electrons. The van der Waals surface area contributed by atoms with Gasteiger partial charge in [0.1, 0.15) is 5.75 Å². The van der Waals surface area contributed by atoms with Crippen LogP contribution in [-0.4, -0.2) is 44.6 Å². The first kappa shape index (κ1) is 38.6. The van der Waals surface area contributed by atoms with Crippen LogP contribution in [-0.2, 0) is 24.1 Å². The largest absolute Gasteiger partial charge is 0.508 e. The molecule has 8 N–H and O–H groups in total. The Morgan fingerprint density at radius 1 is 1.04 bits per heavy atom. The number of ketones is 2. The average molecular weight is 730 g/mol. The van der Waals surface area contributed by atoms with E-state index in [1.165, 1.54) is 0 Å². The van der Waals surface area contributed by atoms with Crippen molar-refractivity contribution < 1.29 is 29.6 Å². The molecule has 0 unspecified atom stereocenters. The van der Waals surface area contributed by atoms with Crippen LogP contribution in [0.4, 0.5) is 0 Å². The van der Waals surface area contributed by atoms with Gasteiger partial charge in [-0.3, -0.25) is 9.59 Å². The molecular formula is C45H51N3O6. The zero-order valence-electron chi connectivity index (χ0n) is 30.9. The van der Waals surface area contributed by atoms with E-state index in [0.717, 1.165) is 54.5 Å². The predicted octanol–water partition coefficient (Wildman–Crippen LogP) is 7.06. The number of unbranched alkanes of at least 4 members (excludes halogenated alkanes) is 1. The second-order valence-electron chi connectivity index (χ2n) is 14.9. The Morgan fingerprint density at radius 2 is 1.83 bits per heavy atom. The number of nitrogens with one attached hydrogen (secondary N) is 1. The van der Waals surface area contributed by atoms with Gasteiger partial charge in [0.2, 0.25) is 0 Å². The highest BCUT2D eigenvalue weighted by atomic mass is 16.5. The summed E-state index contributed by atoms with van der Waals surface area (Å²) in [6.07, 6.45) is 11.8. The first-order valence-electron chi connectivity index (χ1n) is 19.0. The number of aryl methyl sites for hydroxylation is 1. The van der Waals surface area contributed by atoms with Gasteiger partial charge in [-0.15, -0.1) is 0 Å². The van der Waals surface area contributed by atoms with Gasteiger partial charge in [0.05, 0.1) is 25.3 Å². The maximum Gasteiger partial charge on any atom is 0.165 e. The Labute approximate surface area is 317 Å². The van der Waals surface area contributed by atoms with E-state index < -0.39 is 12.1 Å². The van der Waals surface area contributed by atoms with Crippen LogP contribution in [0.1, 0.15) is 120 Å². The smallest absolute Gasteiger partial charge is 0.165 e. The van der Waals surface area contributed by atoms with Gasteiger partial charge in [0.25, 0.3) is 0 Å². The third kappa shape index (κ3) is 9.31. The lowest BCUT2D eigenvalue weighted by molar-refractivity contribution is -0.114. The van der Waals surface area contributed by atoms with Crippen LogP contribution in [0, 0.1) is 17.3 Å². The molecule has 1 aromatic heterocycles. The van der Waals surface area contributed by atoms with Crippen LogP contribution in [0.15, 0.2) is 79.0 Å². The fourth-order valence-electron chi connectivity index (χ4n) is 7.80. The monoisotopic (exact) mass is 729 g/mol. The Kier molecular flexibility index (Phi) is 12.4. The molecule has 9 nitrogen and oxygen atoms in total. The van der Waals surface area contributed by atoms with Gasteiger partial charge in [0.15, 0.2) is 23.1 Å². The van der Waals surface area contributed by atoms with Crippen LogP contribution in [0.25, 0.3) is 0 Å². The second kappa shape index (κ2) is 17.3. The minimum absolute atomic E-state index is 0.00690. The summed E-state index contributed by atoms with van der Waals surface area (Å²) in [5.41, 5.74) is 17.8. The normalized spacial score (nSPS) is 19.7. The number of Topliss-reactive ketones (excluding diaryl/α,β-unsaturated/α-hetero) is 1. The SMILES string of the molecule is CCCC[C@@]1(/C=C/C(=O)CCc2ccc(O)c(OCCc3ccc(O)c([C@@H]4CC(=O)c5cc[nH]c5CC#Cc5cc(C(N)N)ccc54)c3)c2)CC[C@H](O)C1. The molecule has 9 heteroatoms. The molecule has 6 rings (SSSR count). The fourth-order valence-corrected chi connectivity index (χ4v) is 7.80. The number of nitrogens with two attached hydrogens (primary N) is 2. The number of aliphatic hydroxyl groups excluding tert-OH is 1. The van der Waals surface area contributed by atoms with E-state index in [1.807, 2.05) is 36.4 Å². The van der Waals surface area contributed by atoms with Crippen molar-refractivity contribution in [3.8, 4) is 29.1 Å². The van der Waals surface area contributed by atoms with Gasteiger partial charge in [-0.05, 0) is 96.2 Å². The number of fused-ring (bicyclic) bond motifs is 2. The average Bonchev–Trinajstić information content (AvgIpc) is 3.79. The minimum atomic E-state index is -0.690. The number of benzene rings is 3. The van der Waals surface area contributed by atoms with Crippen molar-refractivity contribution in [2.45, 2.75) is 95.7 Å². The number of hydrogen-bond donors (Lipinski definition) is 6. The molecule has 1 saturated carbocycles. The third-order valence-corrected chi connectivity index (χ3v) is 10.9. The number of rotatable bonds is 14. The van der Waals surface area contributed by atoms with Crippen molar-refractivity contribution in [3.05, 3.63) is 124 Å². The highest BCUT2D eigenvalue weighted by molar-refractivity contribution is 5.98. The van der Waals surface area contributed by atoms with E-state index >= 15 is 0 Å². The Hall–Kier alpha value is -5.14. The van der Waals surface area contributed by atoms with Crippen molar-refractivity contribution in [2.24, 2.45) is 16.9 Å². The van der Waals surface area contributed by atoms with Crippen LogP contribution < -0.4 is 16.2 Å². The van der Waals surface area contributed by atoms with Crippen LogP contribution in [0.2, 0.25) is 0 Å². The Bertz CT molecular complexity index is 2070. The number of hydrogen-bond acceptors (Lipinski definition) is 8. The van der Waals surface area contributed by atoms with Crippen molar-refractivity contribution >= 4 is 11.6 Å². The highest BCUT2D eigenvalue weighted by Crippen LogP contribution is 2.44. The summed E-state index contributed by atoms with van der Waals surface area (Å²) in [7, 11) is 0. The molecule has 0 spiro atoms. The number of carbonyl (C=O) groups is 2. The van der Waals surface area contributed by atoms with Crippen molar-refractivity contribution in [1.29, 1.82) is 0 Å². The molecule has 1 heterocycles. The molecule has 282 valence electrons. The lowest BCUT2D eigenvalue weighted by Gasteiger charge is -2.25. The first-order chi connectivity index (χ1) is 26.0. The van der Waals surface area contributed by atoms with E-state index in [2.05, 4.69) is 23.7 Å². The van der Waals surface area contributed by atoms with E-state index in [9.17, 15) is 24.9 Å². The number of H-pyrrole nitrogens is 1. The number of phenolic OH excluding ortho intramolecular Hbond substituents is 2. The zero-order valence-corrected chi connectivity index (χ0v) is 30.9. The summed E-state index contributed by atoms with van der Waals surface area (Å²) in [6, 6.07) is 17.9. The van der Waals surface area contributed by atoms with Crippen LogP contribution in [0.3, 0.4) is 0 Å². The molecular weight excluding hydrogens is 679 g/mol. The number of aromatic nitrogens is 1. The van der Waals surface area contributed by atoms with Crippen molar-refractivity contribution in [2.75, 3.05) is 6.61 Å². The highest BCUT2D eigenvalue weighted by Gasteiger charge is 2.35. The van der Waals surface area contributed by atoms with Gasteiger partial charge in [-0.25, -0.2) is 0 Å². The topological polar surface area (TPSA) is 172 Å². The number of phenols is 2. The Morgan fingerprint density at radius 3 is 2.59 bits per heavy atom. The molecule has 0 saturated heterocycles. The van der Waals surface area contributed by atoms with Crippen molar-refractivity contribution in [3.63, 3.8) is 0 Å². The van der Waals surface area contributed by atoms with E-state index in [1.54, 1.807) is 42.6 Å². The molecule has 0 aliphatic heterocycles. The first-order valence-corrected chi connectivity index (χ1v) is 19.0. The number of aromatic amines is 1. The molecule has 3 atom stereocenters. The fraction of sp³-hybridized carbons (Fsp3) is 0.378. The summed E-state index contributed by atoms with van der Waals surface area (Å²) >= 11 is 0. The van der Waals surface area contributed by atoms with Crippen LogP contribution >= 0.6 is 0 Å².